The lowest BCUT2D eigenvalue weighted by atomic mass is 10.2. The van der Waals surface area contributed by atoms with Crippen LogP contribution in [0.4, 0.5) is 5.69 Å². The van der Waals surface area contributed by atoms with Gasteiger partial charge in [-0.1, -0.05) is 11.6 Å². The van der Waals surface area contributed by atoms with Crippen molar-refractivity contribution >= 4 is 28.6 Å². The van der Waals surface area contributed by atoms with Crippen LogP contribution in [-0.4, -0.2) is 4.98 Å². The van der Waals surface area contributed by atoms with Crippen LogP contribution >= 0.6 is 22.9 Å². The molecule has 0 bridgehead atoms. The van der Waals surface area contributed by atoms with E-state index in [4.69, 9.17) is 11.6 Å². The van der Waals surface area contributed by atoms with Gasteiger partial charge in [-0.2, -0.15) is 0 Å². The average molecular weight is 267 g/mol. The van der Waals surface area contributed by atoms with E-state index in [1.807, 2.05) is 31.2 Å². The number of benzene rings is 1. The molecule has 0 aliphatic rings. The highest BCUT2D eigenvalue weighted by atomic mass is 35.5. The SMILES string of the molecule is Cc1nc(C(C)Nc2ccc(Cl)cc2)c(C)s1. The molecule has 4 heteroatoms. The van der Waals surface area contributed by atoms with Crippen molar-refractivity contribution in [1.29, 1.82) is 0 Å². The Kier molecular flexibility index (Phi) is 3.69. The minimum atomic E-state index is 0.209. The molecule has 0 amide bonds. The molecule has 17 heavy (non-hydrogen) atoms. The molecule has 0 radical (unpaired) electrons. The van der Waals surface area contributed by atoms with Gasteiger partial charge in [-0.25, -0.2) is 4.98 Å². The van der Waals surface area contributed by atoms with E-state index in [2.05, 4.69) is 24.1 Å². The molecular formula is C13H15ClN2S. The number of hydrogen-bond donors (Lipinski definition) is 1. The van der Waals surface area contributed by atoms with Gasteiger partial charge in [0.2, 0.25) is 0 Å². The zero-order valence-electron chi connectivity index (χ0n) is 10.1. The monoisotopic (exact) mass is 266 g/mol. The molecule has 0 spiro atoms. The zero-order valence-corrected chi connectivity index (χ0v) is 11.7. The Labute approximate surface area is 111 Å². The molecule has 2 nitrogen and oxygen atoms in total. The molecule has 0 saturated heterocycles. The van der Waals surface area contributed by atoms with Gasteiger partial charge in [-0.15, -0.1) is 11.3 Å². The fourth-order valence-electron chi connectivity index (χ4n) is 1.81. The van der Waals surface area contributed by atoms with Gasteiger partial charge in [-0.05, 0) is 45.0 Å². The third-order valence-electron chi connectivity index (χ3n) is 2.58. The highest BCUT2D eigenvalue weighted by Crippen LogP contribution is 2.25. The van der Waals surface area contributed by atoms with E-state index in [0.717, 1.165) is 21.4 Å². The van der Waals surface area contributed by atoms with Crippen LogP contribution in [0.1, 0.15) is 28.5 Å². The summed E-state index contributed by atoms with van der Waals surface area (Å²) < 4.78 is 0. The van der Waals surface area contributed by atoms with E-state index in [1.165, 1.54) is 4.88 Å². The van der Waals surface area contributed by atoms with Crippen LogP contribution in [0.2, 0.25) is 5.02 Å². The standard InChI is InChI=1S/C13H15ClN2S/c1-8(13-9(2)17-10(3)16-13)15-12-6-4-11(14)5-7-12/h4-8,15H,1-3H3. The second kappa shape index (κ2) is 5.07. The second-order valence-electron chi connectivity index (χ2n) is 4.05. The quantitative estimate of drug-likeness (QED) is 0.879. The Morgan fingerprint density at radius 2 is 1.88 bits per heavy atom. The Hall–Kier alpha value is -1.06. The molecule has 1 atom stereocenters. The van der Waals surface area contributed by atoms with Crippen molar-refractivity contribution < 1.29 is 0 Å². The van der Waals surface area contributed by atoms with Gasteiger partial charge < -0.3 is 5.32 Å². The number of rotatable bonds is 3. The van der Waals surface area contributed by atoms with Gasteiger partial charge in [0, 0.05) is 15.6 Å². The number of hydrogen-bond acceptors (Lipinski definition) is 3. The summed E-state index contributed by atoms with van der Waals surface area (Å²) in [5.74, 6) is 0. The minimum absolute atomic E-state index is 0.209. The Morgan fingerprint density at radius 1 is 1.24 bits per heavy atom. The number of nitrogens with one attached hydrogen (secondary N) is 1. The molecule has 1 aromatic carbocycles. The van der Waals surface area contributed by atoms with Gasteiger partial charge in [0.05, 0.1) is 16.7 Å². The summed E-state index contributed by atoms with van der Waals surface area (Å²) in [6.07, 6.45) is 0. The minimum Gasteiger partial charge on any atom is -0.377 e. The van der Waals surface area contributed by atoms with E-state index in [1.54, 1.807) is 11.3 Å². The summed E-state index contributed by atoms with van der Waals surface area (Å²) in [4.78, 5) is 5.83. The summed E-state index contributed by atoms with van der Waals surface area (Å²) in [6, 6.07) is 7.94. The lowest BCUT2D eigenvalue weighted by molar-refractivity contribution is 0.837. The molecule has 90 valence electrons. The van der Waals surface area contributed by atoms with Crippen molar-refractivity contribution in [3.63, 3.8) is 0 Å². The van der Waals surface area contributed by atoms with Crippen LogP contribution in [0.3, 0.4) is 0 Å². The van der Waals surface area contributed by atoms with E-state index >= 15 is 0 Å². The van der Waals surface area contributed by atoms with Gasteiger partial charge in [0.25, 0.3) is 0 Å². The predicted molar refractivity (Wildman–Crippen MR) is 75.1 cm³/mol. The molecule has 0 aliphatic heterocycles. The van der Waals surface area contributed by atoms with Crippen molar-refractivity contribution in [3.05, 3.63) is 44.9 Å². The first-order valence-corrected chi connectivity index (χ1v) is 6.71. The predicted octanol–water partition coefficient (Wildman–Crippen LogP) is 4.59. The molecular weight excluding hydrogens is 252 g/mol. The summed E-state index contributed by atoms with van der Waals surface area (Å²) in [5, 5.41) is 5.29. The number of aromatic nitrogens is 1. The Morgan fingerprint density at radius 3 is 2.41 bits per heavy atom. The fourth-order valence-corrected chi connectivity index (χ4v) is 2.85. The molecule has 2 aromatic rings. The van der Waals surface area contributed by atoms with Gasteiger partial charge in [-0.3, -0.25) is 0 Å². The average Bonchev–Trinajstić information content (AvgIpc) is 2.61. The van der Waals surface area contributed by atoms with Crippen molar-refractivity contribution in [2.45, 2.75) is 26.8 Å². The summed E-state index contributed by atoms with van der Waals surface area (Å²) >= 11 is 7.59. The molecule has 0 saturated carbocycles. The van der Waals surface area contributed by atoms with Crippen molar-refractivity contribution in [3.8, 4) is 0 Å². The third kappa shape index (κ3) is 2.99. The molecule has 1 unspecified atom stereocenters. The number of nitrogens with zero attached hydrogens (tertiary/aromatic N) is 1. The summed E-state index contributed by atoms with van der Waals surface area (Å²) in [7, 11) is 0. The smallest absolute Gasteiger partial charge is 0.0901 e. The fraction of sp³-hybridized carbons (Fsp3) is 0.308. The largest absolute Gasteiger partial charge is 0.377 e. The molecule has 1 heterocycles. The Bertz CT molecular complexity index is 505. The second-order valence-corrected chi connectivity index (χ2v) is 5.89. The lowest BCUT2D eigenvalue weighted by Gasteiger charge is -2.14. The van der Waals surface area contributed by atoms with Crippen LogP contribution in [0.5, 0.6) is 0 Å². The first kappa shape index (κ1) is 12.4. The van der Waals surface area contributed by atoms with Gasteiger partial charge in [0.1, 0.15) is 0 Å². The Balaban J connectivity index is 2.14. The number of anilines is 1. The maximum Gasteiger partial charge on any atom is 0.0901 e. The van der Waals surface area contributed by atoms with Crippen LogP contribution < -0.4 is 5.32 Å². The van der Waals surface area contributed by atoms with E-state index in [0.29, 0.717) is 0 Å². The highest BCUT2D eigenvalue weighted by Gasteiger charge is 2.12. The maximum absolute atomic E-state index is 5.86. The topological polar surface area (TPSA) is 24.9 Å². The molecule has 2 rings (SSSR count). The number of aryl methyl sites for hydroxylation is 2. The van der Waals surface area contributed by atoms with Crippen LogP contribution in [0, 0.1) is 13.8 Å². The van der Waals surface area contributed by atoms with Crippen LogP contribution in [-0.2, 0) is 0 Å². The summed E-state index contributed by atoms with van der Waals surface area (Å²) in [6.45, 7) is 6.27. The van der Waals surface area contributed by atoms with Crippen molar-refractivity contribution in [1.82, 2.24) is 4.98 Å². The number of halogens is 1. The molecule has 0 fully saturated rings. The lowest BCUT2D eigenvalue weighted by Crippen LogP contribution is -2.08. The van der Waals surface area contributed by atoms with Gasteiger partial charge >= 0.3 is 0 Å². The highest BCUT2D eigenvalue weighted by molar-refractivity contribution is 7.11. The summed E-state index contributed by atoms with van der Waals surface area (Å²) in [5.41, 5.74) is 2.19. The van der Waals surface area contributed by atoms with Crippen LogP contribution in [0.15, 0.2) is 24.3 Å². The molecule has 0 aliphatic carbocycles. The van der Waals surface area contributed by atoms with Crippen molar-refractivity contribution in [2.24, 2.45) is 0 Å². The first-order chi connectivity index (χ1) is 8.06. The zero-order chi connectivity index (χ0) is 12.4. The van der Waals surface area contributed by atoms with Crippen molar-refractivity contribution in [2.75, 3.05) is 5.32 Å². The van der Waals surface area contributed by atoms with E-state index in [-0.39, 0.29) is 6.04 Å². The van der Waals surface area contributed by atoms with E-state index < -0.39 is 0 Å². The van der Waals surface area contributed by atoms with Gasteiger partial charge in [0.15, 0.2) is 0 Å². The molecule has 1 aromatic heterocycles. The van der Waals surface area contributed by atoms with E-state index in [9.17, 15) is 0 Å². The van der Waals surface area contributed by atoms with Crippen LogP contribution in [0.25, 0.3) is 0 Å². The third-order valence-corrected chi connectivity index (χ3v) is 3.73. The number of thiazole rings is 1. The normalized spacial score (nSPS) is 12.5. The first-order valence-electron chi connectivity index (χ1n) is 5.52. The maximum atomic E-state index is 5.86. The molecule has 1 N–H and O–H groups in total.